The van der Waals surface area contributed by atoms with Gasteiger partial charge in [-0.25, -0.2) is 8.42 Å². The molecule has 1 aliphatic heterocycles. The van der Waals surface area contributed by atoms with E-state index < -0.39 is 44.2 Å². The molecule has 11 heteroatoms. The highest BCUT2D eigenvalue weighted by atomic mass is 32.2. The summed E-state index contributed by atoms with van der Waals surface area (Å²) in [4.78, 5) is 29.9. The minimum Gasteiger partial charge on any atom is -0.465 e. The lowest BCUT2D eigenvalue weighted by Gasteiger charge is -2.47. The molecule has 1 saturated heterocycles. The number of carbonyl (C=O) groups excluding carboxylic acids is 2. The van der Waals surface area contributed by atoms with Crippen molar-refractivity contribution in [3.63, 3.8) is 0 Å². The number of piperidine rings is 1. The van der Waals surface area contributed by atoms with Gasteiger partial charge in [-0.15, -0.1) is 0 Å². The zero-order chi connectivity index (χ0) is 34.6. The summed E-state index contributed by atoms with van der Waals surface area (Å²) in [6, 6.07) is 10.9. The maximum atomic E-state index is 14.1. The monoisotopic (exact) mass is 672 g/mol. The lowest BCUT2D eigenvalue weighted by Crippen LogP contribution is -2.63. The van der Waals surface area contributed by atoms with Crippen molar-refractivity contribution in [3.05, 3.63) is 59.5 Å². The molecule has 1 aromatic carbocycles. The summed E-state index contributed by atoms with van der Waals surface area (Å²) >= 11 is 0. The highest BCUT2D eigenvalue weighted by molar-refractivity contribution is 7.92. The van der Waals surface area contributed by atoms with Crippen LogP contribution in [0.25, 0.3) is 0 Å². The van der Waals surface area contributed by atoms with Gasteiger partial charge in [0.2, 0.25) is 11.8 Å². The Bertz CT molecular complexity index is 1450. The lowest BCUT2D eigenvalue weighted by molar-refractivity contribution is -0.133. The fraction of sp³-hybridized carbons (Fsp3) is 0.667. The van der Waals surface area contributed by atoms with Crippen molar-refractivity contribution < 1.29 is 27.5 Å². The van der Waals surface area contributed by atoms with Crippen LogP contribution in [0, 0.1) is 18.8 Å². The Labute approximate surface area is 281 Å². The third-order valence-corrected chi connectivity index (χ3v) is 12.2. The minimum atomic E-state index is -3.70. The Morgan fingerprint density at radius 2 is 1.68 bits per heavy atom. The predicted octanol–water partition coefficient (Wildman–Crippen LogP) is 3.75. The summed E-state index contributed by atoms with van der Waals surface area (Å²) < 4.78 is 30.1. The normalized spacial score (nSPS) is 22.9. The number of amides is 2. The number of aliphatic hydroxyl groups excluding tert-OH is 1. The van der Waals surface area contributed by atoms with Gasteiger partial charge in [-0.05, 0) is 90.3 Å². The number of benzene rings is 1. The summed E-state index contributed by atoms with van der Waals surface area (Å²) in [5.74, 6) is 1.67. The number of furan rings is 1. The summed E-state index contributed by atoms with van der Waals surface area (Å²) in [6.45, 7) is 11.8. The molecule has 10 nitrogen and oxygen atoms in total. The first-order valence-electron chi connectivity index (χ1n) is 17.0. The highest BCUT2D eigenvalue weighted by Crippen LogP contribution is 2.39. The molecule has 6 atom stereocenters. The summed E-state index contributed by atoms with van der Waals surface area (Å²) in [6.07, 6.45) is 5.75. The van der Waals surface area contributed by atoms with E-state index in [0.29, 0.717) is 36.3 Å². The van der Waals surface area contributed by atoms with Gasteiger partial charge in [0.05, 0.1) is 29.5 Å². The molecule has 1 aromatic heterocycles. The van der Waals surface area contributed by atoms with Crippen LogP contribution in [0.15, 0.2) is 46.9 Å². The van der Waals surface area contributed by atoms with Crippen LogP contribution in [0.5, 0.6) is 0 Å². The Morgan fingerprint density at radius 3 is 2.28 bits per heavy atom. The van der Waals surface area contributed by atoms with Gasteiger partial charge in [-0.3, -0.25) is 19.8 Å². The van der Waals surface area contributed by atoms with Crippen molar-refractivity contribution in [1.29, 1.82) is 0 Å². The molecular weight excluding hydrogens is 616 g/mol. The van der Waals surface area contributed by atoms with Crippen molar-refractivity contribution in [2.75, 3.05) is 19.3 Å². The van der Waals surface area contributed by atoms with Crippen molar-refractivity contribution in [2.45, 2.75) is 121 Å². The van der Waals surface area contributed by atoms with Gasteiger partial charge in [0.15, 0.2) is 9.84 Å². The minimum absolute atomic E-state index is 0.0373. The summed E-state index contributed by atoms with van der Waals surface area (Å²) in [5.41, 5.74) is 0.528. The van der Waals surface area contributed by atoms with Crippen LogP contribution in [0.3, 0.4) is 0 Å². The molecule has 4 rings (SSSR count). The fourth-order valence-corrected chi connectivity index (χ4v) is 7.68. The van der Waals surface area contributed by atoms with Crippen LogP contribution < -0.4 is 16.0 Å². The van der Waals surface area contributed by atoms with Crippen molar-refractivity contribution in [1.82, 2.24) is 20.9 Å². The summed E-state index contributed by atoms with van der Waals surface area (Å²) in [5, 5.41) is 21.2. The molecule has 2 aliphatic rings. The molecule has 2 amide bonds. The average Bonchev–Trinajstić information content (AvgIpc) is 3.40. The van der Waals surface area contributed by atoms with Crippen molar-refractivity contribution in [3.8, 4) is 0 Å². The number of aliphatic hydroxyl groups is 1. The van der Waals surface area contributed by atoms with Crippen LogP contribution in [0.4, 0.5) is 0 Å². The number of sulfone groups is 1. The van der Waals surface area contributed by atoms with Crippen LogP contribution in [-0.2, 0) is 32.4 Å². The number of likely N-dealkylation sites (tertiary alicyclic amines) is 1. The van der Waals surface area contributed by atoms with Crippen molar-refractivity contribution >= 4 is 21.7 Å². The molecule has 1 saturated carbocycles. The van der Waals surface area contributed by atoms with Crippen LogP contribution in [0.2, 0.25) is 0 Å². The number of carbonyl (C=O) groups is 2. The van der Waals surface area contributed by atoms with Gasteiger partial charge in [-0.1, -0.05) is 49.6 Å². The molecule has 1 aliphatic carbocycles. The molecule has 2 aromatic rings. The maximum absolute atomic E-state index is 14.1. The smallest absolute Gasteiger partial charge is 0.239 e. The van der Waals surface area contributed by atoms with Gasteiger partial charge >= 0.3 is 0 Å². The summed E-state index contributed by atoms with van der Waals surface area (Å²) in [7, 11) is -3.70. The second-order valence-electron chi connectivity index (χ2n) is 15.3. The van der Waals surface area contributed by atoms with Crippen LogP contribution in [0.1, 0.15) is 83.8 Å². The number of hydrogen-bond donors (Lipinski definition) is 4. The molecular formula is C36H56N4O6S. The Hall–Kier alpha value is -2.73. The Balaban J connectivity index is 1.60. The molecule has 0 spiro atoms. The van der Waals surface area contributed by atoms with Gasteiger partial charge in [-0.2, -0.15) is 0 Å². The van der Waals surface area contributed by atoms with E-state index in [9.17, 15) is 23.1 Å². The zero-order valence-electron chi connectivity index (χ0n) is 29.2. The van der Waals surface area contributed by atoms with E-state index in [2.05, 4.69) is 20.9 Å². The van der Waals surface area contributed by atoms with E-state index in [0.717, 1.165) is 31.1 Å². The number of nitrogens with one attached hydrogen (secondary N) is 3. The number of fused-ring (bicyclic) bond motifs is 1. The highest BCUT2D eigenvalue weighted by Gasteiger charge is 2.45. The topological polar surface area (TPSA) is 141 Å². The second kappa shape index (κ2) is 15.2. The first-order valence-corrected chi connectivity index (χ1v) is 18.9. The molecule has 2 heterocycles. The van der Waals surface area contributed by atoms with Gasteiger partial charge < -0.3 is 20.2 Å². The number of β-amino-alcohol motifs (C(OH)–C–C–N with tert-alkyl or cyclic N) is 1. The van der Waals surface area contributed by atoms with E-state index in [-0.39, 0.29) is 25.0 Å². The molecule has 262 valence electrons. The van der Waals surface area contributed by atoms with E-state index in [1.54, 1.807) is 6.07 Å². The molecule has 0 radical (unpaired) electrons. The Kier molecular flexibility index (Phi) is 12.0. The zero-order valence-corrected chi connectivity index (χ0v) is 30.0. The molecule has 2 unspecified atom stereocenters. The largest absolute Gasteiger partial charge is 0.465 e. The Morgan fingerprint density at radius 1 is 1.02 bits per heavy atom. The first-order chi connectivity index (χ1) is 21.9. The third kappa shape index (κ3) is 9.90. The number of nitrogens with zero attached hydrogens (tertiary/aromatic N) is 1. The second-order valence-corrected chi connectivity index (χ2v) is 17.9. The number of hydrogen-bond acceptors (Lipinski definition) is 8. The van der Waals surface area contributed by atoms with Crippen LogP contribution in [-0.4, -0.2) is 84.1 Å². The molecule has 4 N–H and O–H groups in total. The first kappa shape index (κ1) is 37.1. The fourth-order valence-electron chi connectivity index (χ4n) is 7.06. The third-order valence-electron chi connectivity index (χ3n) is 10.0. The number of rotatable bonds is 13. The maximum Gasteiger partial charge on any atom is 0.239 e. The van der Waals surface area contributed by atoms with Gasteiger partial charge in [0, 0.05) is 24.9 Å². The predicted molar refractivity (Wildman–Crippen MR) is 184 cm³/mol. The van der Waals surface area contributed by atoms with Gasteiger partial charge in [0.1, 0.15) is 17.6 Å². The molecule has 2 fully saturated rings. The average molecular weight is 673 g/mol. The van der Waals surface area contributed by atoms with E-state index >= 15 is 0 Å². The number of aryl methyl sites for hydroxylation is 1. The SMILES string of the molecule is Cc1ccc(CN[C@H](C(=O)N[C@@H](Cc2ccccc2)[C@H](O)CN2CC3CCCCC3C[C@H]2C(=O)NC(C)(C)C)C(C)(C)S(C)(=O)=O)o1. The quantitative estimate of drug-likeness (QED) is 0.252. The lowest BCUT2D eigenvalue weighted by atomic mass is 9.72. The van der Waals surface area contributed by atoms with Gasteiger partial charge in [0.25, 0.3) is 0 Å². The van der Waals surface area contributed by atoms with E-state index in [1.165, 1.54) is 26.7 Å². The van der Waals surface area contributed by atoms with Crippen LogP contribution >= 0.6 is 0 Å². The standard InChI is InChI=1S/C36H56N4O6S/c1-24-17-18-28(46-24)21-37-32(36(5,6)47(7,44)45)34(43)38-29(19-25-13-9-8-10-14-25)31(41)23-40-22-27-16-12-11-15-26(27)20-30(40)33(42)39-35(2,3)4/h8-10,13-14,17-18,26-27,29-32,37,41H,11-12,15-16,19-23H2,1-7H3,(H,38,43)(H,39,42)/t26?,27?,29-,30-,31+,32+/m0/s1. The van der Waals surface area contributed by atoms with Crippen molar-refractivity contribution in [2.24, 2.45) is 11.8 Å². The van der Waals surface area contributed by atoms with E-state index in [4.69, 9.17) is 4.42 Å². The molecule has 47 heavy (non-hydrogen) atoms. The molecule has 0 bridgehead atoms. The van der Waals surface area contributed by atoms with E-state index in [1.807, 2.05) is 64.1 Å².